The molecule has 0 radical (unpaired) electrons. The average Bonchev–Trinajstić information content (AvgIpc) is 2.49. The molecule has 1 aromatic rings. The van der Waals surface area contributed by atoms with Crippen LogP contribution in [0.2, 0.25) is 5.02 Å². The second-order valence-corrected chi connectivity index (χ2v) is 5.10. The first kappa shape index (κ1) is 17.5. The molecule has 1 unspecified atom stereocenters. The summed E-state index contributed by atoms with van der Waals surface area (Å²) < 4.78 is 0. The van der Waals surface area contributed by atoms with Gasteiger partial charge in [-0.1, -0.05) is 18.5 Å². The first-order valence-corrected chi connectivity index (χ1v) is 7.72. The molecule has 0 bridgehead atoms. The minimum atomic E-state index is -0.392. The summed E-state index contributed by atoms with van der Waals surface area (Å²) in [6.45, 7) is 9.93. The lowest BCUT2D eigenvalue weighted by molar-refractivity contribution is -0.131. The van der Waals surface area contributed by atoms with Gasteiger partial charge in [0.05, 0.1) is 6.20 Å². The van der Waals surface area contributed by atoms with Crippen LogP contribution in [0.5, 0.6) is 0 Å². The van der Waals surface area contributed by atoms with Crippen molar-refractivity contribution < 1.29 is 4.79 Å². The van der Waals surface area contributed by atoms with Gasteiger partial charge in [-0.15, -0.1) is 0 Å². The van der Waals surface area contributed by atoms with Crippen molar-refractivity contribution in [2.24, 2.45) is 0 Å². The average molecular weight is 314 g/mol. The summed E-state index contributed by atoms with van der Waals surface area (Å²) in [7, 11) is 0. The van der Waals surface area contributed by atoms with E-state index in [2.05, 4.69) is 27.5 Å². The lowest BCUT2D eigenvalue weighted by Crippen LogP contribution is -2.41. The molecule has 2 N–H and O–H groups in total. The maximum Gasteiger partial charge on any atom is 0.244 e. The number of nitrogens with zero attached hydrogens (tertiary/aromatic N) is 3. The second-order valence-electron chi connectivity index (χ2n) is 4.69. The van der Waals surface area contributed by atoms with E-state index in [1.165, 1.54) is 6.20 Å². The number of nitrogens with one attached hydrogen (secondary N) is 2. The first-order chi connectivity index (χ1) is 10.0. The van der Waals surface area contributed by atoms with Gasteiger partial charge in [0.1, 0.15) is 11.1 Å². The standard InChI is InChI=1S/C14H24ClN5O/c1-5-8-16-14-17-9-11(15)12(19-14)18-10(4)13(21)20(6-2)7-3/h9-10H,5-8H2,1-4H3,(H2,16,17,18,19). The van der Waals surface area contributed by atoms with Crippen LogP contribution >= 0.6 is 11.6 Å². The quantitative estimate of drug-likeness (QED) is 0.772. The summed E-state index contributed by atoms with van der Waals surface area (Å²) in [6.07, 6.45) is 2.51. The molecule has 1 rings (SSSR count). The lowest BCUT2D eigenvalue weighted by atomic mass is 10.2. The molecular weight excluding hydrogens is 290 g/mol. The highest BCUT2D eigenvalue weighted by molar-refractivity contribution is 6.32. The Balaban J connectivity index is 2.78. The number of aromatic nitrogens is 2. The second kappa shape index (κ2) is 8.67. The van der Waals surface area contributed by atoms with Gasteiger partial charge in [0.25, 0.3) is 0 Å². The Bertz CT molecular complexity index is 465. The molecule has 0 fully saturated rings. The summed E-state index contributed by atoms with van der Waals surface area (Å²) in [6, 6.07) is -0.392. The van der Waals surface area contributed by atoms with E-state index in [0.29, 0.717) is 29.9 Å². The summed E-state index contributed by atoms with van der Waals surface area (Å²) in [5, 5.41) is 6.55. The molecule has 0 saturated heterocycles. The molecule has 0 aromatic carbocycles. The Morgan fingerprint density at radius 1 is 1.38 bits per heavy atom. The van der Waals surface area contributed by atoms with Crippen molar-refractivity contribution in [3.63, 3.8) is 0 Å². The SMILES string of the molecule is CCCNc1ncc(Cl)c(NC(C)C(=O)N(CC)CC)n1. The predicted molar refractivity (Wildman–Crippen MR) is 86.8 cm³/mol. The number of hydrogen-bond acceptors (Lipinski definition) is 5. The summed E-state index contributed by atoms with van der Waals surface area (Å²) in [5.41, 5.74) is 0. The van der Waals surface area contributed by atoms with Crippen molar-refractivity contribution in [1.29, 1.82) is 0 Å². The third-order valence-electron chi connectivity index (χ3n) is 3.08. The molecule has 1 atom stereocenters. The number of halogens is 1. The molecule has 0 aliphatic heterocycles. The molecule has 0 aliphatic carbocycles. The third-order valence-corrected chi connectivity index (χ3v) is 3.35. The van der Waals surface area contributed by atoms with E-state index < -0.39 is 6.04 Å². The van der Waals surface area contributed by atoms with Crippen LogP contribution in [0.15, 0.2) is 6.20 Å². The molecule has 21 heavy (non-hydrogen) atoms. The van der Waals surface area contributed by atoms with Crippen LogP contribution in [0.3, 0.4) is 0 Å². The summed E-state index contributed by atoms with van der Waals surface area (Å²) in [5.74, 6) is 1.00. The van der Waals surface area contributed by atoms with Gasteiger partial charge in [-0.25, -0.2) is 4.98 Å². The Morgan fingerprint density at radius 3 is 2.62 bits per heavy atom. The van der Waals surface area contributed by atoms with E-state index in [0.717, 1.165) is 13.0 Å². The van der Waals surface area contributed by atoms with Gasteiger partial charge in [0.15, 0.2) is 5.82 Å². The van der Waals surface area contributed by atoms with E-state index in [1.54, 1.807) is 11.8 Å². The normalized spacial score (nSPS) is 11.9. The smallest absolute Gasteiger partial charge is 0.244 e. The third kappa shape index (κ3) is 5.04. The maximum absolute atomic E-state index is 12.2. The fraction of sp³-hybridized carbons (Fsp3) is 0.643. The fourth-order valence-corrected chi connectivity index (χ4v) is 2.01. The molecule has 0 saturated carbocycles. The zero-order valence-electron chi connectivity index (χ0n) is 13.1. The minimum Gasteiger partial charge on any atom is -0.357 e. The van der Waals surface area contributed by atoms with Crippen LogP contribution in [-0.2, 0) is 4.79 Å². The Morgan fingerprint density at radius 2 is 2.05 bits per heavy atom. The van der Waals surface area contributed by atoms with Gasteiger partial charge in [-0.05, 0) is 27.2 Å². The lowest BCUT2D eigenvalue weighted by Gasteiger charge is -2.24. The zero-order chi connectivity index (χ0) is 15.8. The highest BCUT2D eigenvalue weighted by atomic mass is 35.5. The predicted octanol–water partition coefficient (Wildman–Crippen LogP) is 2.62. The van der Waals surface area contributed by atoms with Crippen LogP contribution in [-0.4, -0.2) is 46.5 Å². The van der Waals surface area contributed by atoms with E-state index in [4.69, 9.17) is 11.6 Å². The van der Waals surface area contributed by atoms with Gasteiger partial charge in [0.2, 0.25) is 11.9 Å². The zero-order valence-corrected chi connectivity index (χ0v) is 13.9. The largest absolute Gasteiger partial charge is 0.357 e. The van der Waals surface area contributed by atoms with Crippen molar-refractivity contribution in [3.8, 4) is 0 Å². The van der Waals surface area contributed by atoms with Crippen LogP contribution in [0.1, 0.15) is 34.1 Å². The van der Waals surface area contributed by atoms with Gasteiger partial charge in [0, 0.05) is 19.6 Å². The van der Waals surface area contributed by atoms with Crippen LogP contribution in [0, 0.1) is 0 Å². The van der Waals surface area contributed by atoms with Gasteiger partial charge in [-0.2, -0.15) is 4.98 Å². The molecule has 118 valence electrons. The number of hydrogen-bond donors (Lipinski definition) is 2. The van der Waals surface area contributed by atoms with Crippen molar-refractivity contribution in [3.05, 3.63) is 11.2 Å². The van der Waals surface area contributed by atoms with Crippen molar-refractivity contribution >= 4 is 29.3 Å². The van der Waals surface area contributed by atoms with Crippen molar-refractivity contribution in [2.45, 2.75) is 40.2 Å². The molecule has 7 heteroatoms. The van der Waals surface area contributed by atoms with E-state index in [-0.39, 0.29) is 5.91 Å². The molecule has 6 nitrogen and oxygen atoms in total. The number of anilines is 2. The number of amides is 1. The fourth-order valence-electron chi connectivity index (χ4n) is 1.87. The molecule has 1 amide bonds. The number of carbonyl (C=O) groups excluding carboxylic acids is 1. The monoisotopic (exact) mass is 313 g/mol. The summed E-state index contributed by atoms with van der Waals surface area (Å²) in [4.78, 5) is 22.4. The first-order valence-electron chi connectivity index (χ1n) is 7.35. The van der Waals surface area contributed by atoms with Gasteiger partial charge >= 0.3 is 0 Å². The van der Waals surface area contributed by atoms with Gasteiger partial charge in [-0.3, -0.25) is 4.79 Å². The topological polar surface area (TPSA) is 70.2 Å². The molecule has 0 spiro atoms. The number of rotatable bonds is 8. The van der Waals surface area contributed by atoms with Crippen LogP contribution < -0.4 is 10.6 Å². The minimum absolute atomic E-state index is 0.0257. The molecule has 0 aliphatic rings. The van der Waals surface area contributed by atoms with Crippen molar-refractivity contribution in [1.82, 2.24) is 14.9 Å². The van der Waals surface area contributed by atoms with E-state index in [1.807, 2.05) is 13.8 Å². The van der Waals surface area contributed by atoms with Crippen LogP contribution in [0.4, 0.5) is 11.8 Å². The Labute approximate surface area is 131 Å². The Hall–Kier alpha value is -1.56. The highest BCUT2D eigenvalue weighted by Crippen LogP contribution is 2.20. The van der Waals surface area contributed by atoms with Crippen molar-refractivity contribution in [2.75, 3.05) is 30.3 Å². The highest BCUT2D eigenvalue weighted by Gasteiger charge is 2.19. The summed E-state index contributed by atoms with van der Waals surface area (Å²) >= 11 is 6.09. The van der Waals surface area contributed by atoms with Crippen LogP contribution in [0.25, 0.3) is 0 Å². The van der Waals surface area contributed by atoms with E-state index in [9.17, 15) is 4.79 Å². The van der Waals surface area contributed by atoms with E-state index >= 15 is 0 Å². The molecule has 1 aromatic heterocycles. The Kier molecular flexibility index (Phi) is 7.22. The number of likely N-dealkylation sites (N-methyl/N-ethyl adjacent to an activating group) is 1. The number of carbonyl (C=O) groups is 1. The molecule has 1 heterocycles. The van der Waals surface area contributed by atoms with Gasteiger partial charge < -0.3 is 15.5 Å². The maximum atomic E-state index is 12.2. The molecular formula is C14H24ClN5O.